The van der Waals surface area contributed by atoms with E-state index in [1.807, 2.05) is 0 Å². The van der Waals surface area contributed by atoms with Gasteiger partial charge in [-0.05, 0) is 185 Å². The van der Waals surface area contributed by atoms with Crippen LogP contribution in [0.1, 0.15) is 61.1 Å². The van der Waals surface area contributed by atoms with Crippen molar-refractivity contribution in [1.29, 1.82) is 0 Å². The lowest BCUT2D eigenvalue weighted by molar-refractivity contribution is -0.141. The summed E-state index contributed by atoms with van der Waals surface area (Å²) in [5, 5.41) is 0. The number of esters is 4. The van der Waals surface area contributed by atoms with Crippen molar-refractivity contribution in [2.24, 2.45) is 0 Å². The average molecular weight is 1140 g/mol. The number of hydrogen-bond donors (Lipinski definition) is 0. The van der Waals surface area contributed by atoms with Crippen LogP contribution < -0.4 is 9.80 Å². The van der Waals surface area contributed by atoms with E-state index in [9.17, 15) is 19.2 Å². The van der Waals surface area contributed by atoms with Crippen LogP contribution in [-0.2, 0) is 82.8 Å². The lowest BCUT2D eigenvalue weighted by atomic mass is 9.98. The summed E-state index contributed by atoms with van der Waals surface area (Å²) < 4.78 is 43.7. The Kier molecular flexibility index (Phi) is 25.9. The Balaban J connectivity index is 1.21. The van der Waals surface area contributed by atoms with Crippen molar-refractivity contribution in [2.45, 2.75) is 67.2 Å². The molecule has 442 valence electrons. The molecule has 0 saturated heterocycles. The molecule has 0 amide bonds. The molecule has 0 atom stereocenters. The van der Waals surface area contributed by atoms with Crippen molar-refractivity contribution in [3.63, 3.8) is 0 Å². The predicted octanol–water partition coefficient (Wildman–Crippen LogP) is 13.6. The third-order valence-electron chi connectivity index (χ3n) is 13.4. The second kappa shape index (κ2) is 33.6. The highest BCUT2D eigenvalue weighted by Gasteiger charge is 2.19. The molecule has 0 spiro atoms. The molecule has 0 unspecified atom stereocenters. The monoisotopic (exact) mass is 1140 g/mol. The fourth-order valence-corrected chi connectivity index (χ4v) is 8.71. The van der Waals surface area contributed by atoms with Crippen LogP contribution in [0.5, 0.6) is 0 Å². The lowest BCUT2D eigenvalue weighted by Crippen LogP contribution is -2.13. The molecule has 6 aromatic carbocycles. The Hall–Kier alpha value is -8.40. The Morgan fingerprint density at radius 1 is 0.321 bits per heavy atom. The SMILES string of the molecule is C=C(C)C(=O)OCCOCCc1ccc(N(c2ccc(CCOCCOC(=O)C(=C)C)cc2)c2ccc(-c3ccc(N(c4ccc(CCOCCOC(=O)C(=C)C)cc4)c4ccc(CCOCCOC(=O)C(=C)C)cc4)c(C)c3)cc2C)cc1. The summed E-state index contributed by atoms with van der Waals surface area (Å²) in [5.41, 5.74) is 16.2. The van der Waals surface area contributed by atoms with Crippen LogP contribution in [0, 0.1) is 13.8 Å². The van der Waals surface area contributed by atoms with E-state index in [-0.39, 0.29) is 26.4 Å². The smallest absolute Gasteiger partial charge is 0.333 e. The highest BCUT2D eigenvalue weighted by atomic mass is 16.6. The number of hydrogen-bond acceptors (Lipinski definition) is 14. The van der Waals surface area contributed by atoms with E-state index >= 15 is 0 Å². The molecule has 0 aliphatic carbocycles. The van der Waals surface area contributed by atoms with Gasteiger partial charge in [0.1, 0.15) is 26.4 Å². The minimum atomic E-state index is -0.424. The Labute approximate surface area is 495 Å². The summed E-state index contributed by atoms with van der Waals surface area (Å²) in [6.07, 6.45) is 2.76. The van der Waals surface area contributed by atoms with E-state index in [4.69, 9.17) is 37.9 Å². The summed E-state index contributed by atoms with van der Waals surface area (Å²) in [7, 11) is 0. The molecule has 14 heteroatoms. The molecule has 6 rings (SSSR count). The molecule has 0 aromatic heterocycles. The fraction of sp³-hybridized carbons (Fsp3) is 0.314. The largest absolute Gasteiger partial charge is 0.460 e. The minimum Gasteiger partial charge on any atom is -0.460 e. The number of carbonyl (C=O) groups excluding carboxylic acids is 4. The predicted molar refractivity (Wildman–Crippen MR) is 332 cm³/mol. The van der Waals surface area contributed by atoms with Gasteiger partial charge in [-0.3, -0.25) is 0 Å². The zero-order chi connectivity index (χ0) is 60.4. The van der Waals surface area contributed by atoms with Crippen molar-refractivity contribution < 1.29 is 57.1 Å². The van der Waals surface area contributed by atoms with Gasteiger partial charge in [-0.1, -0.05) is 87.0 Å². The molecule has 0 aliphatic rings. The lowest BCUT2D eigenvalue weighted by Gasteiger charge is -2.28. The van der Waals surface area contributed by atoms with Crippen LogP contribution in [0.4, 0.5) is 34.1 Å². The van der Waals surface area contributed by atoms with Gasteiger partial charge >= 0.3 is 23.9 Å². The number of ether oxygens (including phenoxy) is 8. The van der Waals surface area contributed by atoms with Gasteiger partial charge in [-0.2, -0.15) is 0 Å². The first-order valence-corrected chi connectivity index (χ1v) is 28.3. The first kappa shape index (κ1) is 64.8. The Morgan fingerprint density at radius 2 is 0.548 bits per heavy atom. The zero-order valence-corrected chi connectivity index (χ0v) is 49.6. The number of benzene rings is 6. The van der Waals surface area contributed by atoms with Gasteiger partial charge in [-0.25, -0.2) is 19.2 Å². The molecule has 0 saturated carbocycles. The van der Waals surface area contributed by atoms with E-state index in [2.05, 4.69) is 183 Å². The Bertz CT molecular complexity index is 2810. The van der Waals surface area contributed by atoms with E-state index in [1.165, 1.54) is 0 Å². The van der Waals surface area contributed by atoms with Gasteiger partial charge in [-0.15, -0.1) is 0 Å². The third-order valence-corrected chi connectivity index (χ3v) is 13.4. The molecule has 84 heavy (non-hydrogen) atoms. The van der Waals surface area contributed by atoms with Crippen molar-refractivity contribution in [3.8, 4) is 11.1 Å². The third kappa shape index (κ3) is 20.5. The summed E-state index contributed by atoms with van der Waals surface area (Å²) in [6.45, 7) is 29.0. The molecule has 0 fully saturated rings. The first-order chi connectivity index (χ1) is 40.5. The number of carbonyl (C=O) groups is 4. The molecule has 0 radical (unpaired) electrons. The minimum absolute atomic E-state index is 0.171. The summed E-state index contributed by atoms with van der Waals surface area (Å²) >= 11 is 0. The van der Waals surface area contributed by atoms with Gasteiger partial charge in [0.15, 0.2) is 0 Å². The zero-order valence-electron chi connectivity index (χ0n) is 49.6. The maximum Gasteiger partial charge on any atom is 0.333 e. The molecule has 14 nitrogen and oxygen atoms in total. The number of anilines is 6. The van der Waals surface area contributed by atoms with Crippen molar-refractivity contribution in [3.05, 3.63) is 215 Å². The van der Waals surface area contributed by atoms with Gasteiger partial charge in [0.05, 0.1) is 52.9 Å². The molecule has 6 aromatic rings. The van der Waals surface area contributed by atoms with Crippen molar-refractivity contribution in [1.82, 2.24) is 0 Å². The van der Waals surface area contributed by atoms with Crippen molar-refractivity contribution >= 4 is 58.0 Å². The van der Waals surface area contributed by atoms with Gasteiger partial charge < -0.3 is 47.7 Å². The van der Waals surface area contributed by atoms with E-state index in [1.54, 1.807) is 27.7 Å². The molecular formula is C70H80N2O12. The molecular weight excluding hydrogens is 1060 g/mol. The van der Waals surface area contributed by atoms with Crippen molar-refractivity contribution in [2.75, 3.05) is 89.1 Å². The van der Waals surface area contributed by atoms with Crippen LogP contribution in [-0.4, -0.2) is 103 Å². The van der Waals surface area contributed by atoms with Gasteiger partial charge in [0.2, 0.25) is 0 Å². The van der Waals surface area contributed by atoms with E-state index < -0.39 is 23.9 Å². The fourth-order valence-electron chi connectivity index (χ4n) is 8.71. The standard InChI is InChI=1S/C70H80N2O12/c1-49(2)67(73)81-43-39-77-35-31-55-11-21-61(22-12-55)71(62-23-13-56(14-24-62)32-36-78-40-44-82-68(74)50(3)4)65-29-19-59(47-53(65)9)60-20-30-66(54(10)48-60)72(63-25-15-57(16-26-63)33-37-79-41-45-83-69(75)51(5)6)64-27-17-58(18-28-64)34-38-80-42-46-84-70(76)52(7)8/h11-30,47-48H,1,3,5,7,31-46H2,2,4,6,8-10H3. The highest BCUT2D eigenvalue weighted by molar-refractivity contribution is 5.88. The Morgan fingerprint density at radius 3 is 0.750 bits per heavy atom. The second-order valence-corrected chi connectivity index (χ2v) is 20.5. The van der Waals surface area contributed by atoms with Crippen LogP contribution in [0.3, 0.4) is 0 Å². The molecule has 0 bridgehead atoms. The number of rotatable bonds is 35. The van der Waals surface area contributed by atoms with E-state index in [0.29, 0.717) is 101 Å². The second-order valence-electron chi connectivity index (χ2n) is 20.5. The first-order valence-electron chi connectivity index (χ1n) is 28.3. The summed E-state index contributed by atoms with van der Waals surface area (Å²) in [6, 6.07) is 47.1. The molecule has 0 heterocycles. The van der Waals surface area contributed by atoms with Crippen LogP contribution in [0.15, 0.2) is 182 Å². The number of aryl methyl sites for hydroxylation is 2. The van der Waals surface area contributed by atoms with Gasteiger partial charge in [0, 0.05) is 56.4 Å². The summed E-state index contributed by atoms with van der Waals surface area (Å²) in [4.78, 5) is 51.5. The van der Waals surface area contributed by atoms with Gasteiger partial charge in [0.25, 0.3) is 0 Å². The van der Waals surface area contributed by atoms with Crippen LogP contribution >= 0.6 is 0 Å². The normalized spacial score (nSPS) is 10.9. The maximum absolute atomic E-state index is 11.7. The quantitative estimate of drug-likeness (QED) is 0.0161. The topological polar surface area (TPSA) is 149 Å². The van der Waals surface area contributed by atoms with E-state index in [0.717, 1.165) is 78.6 Å². The van der Waals surface area contributed by atoms with Crippen LogP contribution in [0.25, 0.3) is 11.1 Å². The maximum atomic E-state index is 11.7. The average Bonchev–Trinajstić information content (AvgIpc) is 3.24. The van der Waals surface area contributed by atoms with Crippen LogP contribution in [0.2, 0.25) is 0 Å². The molecule has 0 aliphatic heterocycles. The molecule has 0 N–H and O–H groups in total. The summed E-state index contributed by atoms with van der Waals surface area (Å²) in [5.74, 6) is -1.70. The highest BCUT2D eigenvalue weighted by Crippen LogP contribution is 2.41. The number of nitrogens with zero attached hydrogens (tertiary/aromatic N) is 2.